The molecule has 0 atom stereocenters. The van der Waals surface area contributed by atoms with Crippen molar-refractivity contribution in [2.75, 3.05) is 6.54 Å². The highest BCUT2D eigenvalue weighted by Gasteiger charge is 2.24. The predicted octanol–water partition coefficient (Wildman–Crippen LogP) is 4.88. The highest BCUT2D eigenvalue weighted by molar-refractivity contribution is 7.96. The molecule has 1 N–H and O–H groups in total. The Hall–Kier alpha value is -1.55. The summed E-state index contributed by atoms with van der Waals surface area (Å²) in [4.78, 5) is 5.13. The lowest BCUT2D eigenvalue weighted by molar-refractivity contribution is -0.244. The van der Waals surface area contributed by atoms with Gasteiger partial charge in [-0.2, -0.15) is 5.48 Å². The number of unbranched alkanes of at least 4 members (excludes halogenated alkanes) is 1. The minimum absolute atomic E-state index is 0.188. The van der Waals surface area contributed by atoms with Gasteiger partial charge in [-0.05, 0) is 36.2 Å². The number of nitrogens with zero attached hydrogens (tertiary/aromatic N) is 1. The maximum atomic E-state index is 13.3. The standard InChI is InChI=1S/C19H21ClN2O4S2/c1-2-3-11-21-25-26-27-19-13-16-10-9-15(14-20)12-18(16)22(19)28(23,24)17-7-5-4-6-8-17/h4-10,12-13,21H,2-3,11,14H2,1H3. The van der Waals surface area contributed by atoms with Crippen LogP contribution in [-0.4, -0.2) is 18.9 Å². The van der Waals surface area contributed by atoms with E-state index < -0.39 is 10.0 Å². The zero-order valence-electron chi connectivity index (χ0n) is 15.3. The first kappa shape index (κ1) is 21.2. The van der Waals surface area contributed by atoms with Gasteiger partial charge in [0.15, 0.2) is 0 Å². The van der Waals surface area contributed by atoms with Crippen LogP contribution >= 0.6 is 23.6 Å². The Morgan fingerprint density at radius 2 is 1.93 bits per heavy atom. The Balaban J connectivity index is 1.97. The molecule has 0 radical (unpaired) electrons. The molecule has 6 nitrogen and oxygen atoms in total. The van der Waals surface area contributed by atoms with Gasteiger partial charge in [0, 0.05) is 17.8 Å². The van der Waals surface area contributed by atoms with Gasteiger partial charge in [-0.15, -0.1) is 20.9 Å². The van der Waals surface area contributed by atoms with Crippen molar-refractivity contribution in [2.45, 2.75) is 35.6 Å². The lowest BCUT2D eigenvalue weighted by Gasteiger charge is -2.11. The van der Waals surface area contributed by atoms with Crippen LogP contribution < -0.4 is 5.48 Å². The molecule has 0 aliphatic heterocycles. The monoisotopic (exact) mass is 440 g/mol. The molecule has 0 spiro atoms. The normalized spacial score (nSPS) is 11.9. The smallest absolute Gasteiger partial charge is 0.225 e. The fourth-order valence-electron chi connectivity index (χ4n) is 2.65. The molecule has 0 saturated heterocycles. The van der Waals surface area contributed by atoms with Crippen LogP contribution in [0.15, 0.2) is 64.5 Å². The molecule has 3 rings (SSSR count). The topological polar surface area (TPSA) is 69.6 Å². The Labute approximate surface area is 173 Å². The lowest BCUT2D eigenvalue weighted by Crippen LogP contribution is -2.16. The number of halogens is 1. The van der Waals surface area contributed by atoms with Crippen LogP contribution in [0.5, 0.6) is 0 Å². The van der Waals surface area contributed by atoms with Crippen LogP contribution in [0.4, 0.5) is 0 Å². The zero-order valence-corrected chi connectivity index (χ0v) is 17.7. The van der Waals surface area contributed by atoms with Gasteiger partial charge in [-0.25, -0.2) is 12.4 Å². The van der Waals surface area contributed by atoms with Crippen molar-refractivity contribution in [2.24, 2.45) is 0 Å². The van der Waals surface area contributed by atoms with E-state index in [0.717, 1.165) is 35.8 Å². The highest BCUT2D eigenvalue weighted by Crippen LogP contribution is 2.33. The van der Waals surface area contributed by atoms with Gasteiger partial charge in [-0.1, -0.05) is 43.7 Å². The number of alkyl halides is 1. The number of aromatic nitrogens is 1. The summed E-state index contributed by atoms with van der Waals surface area (Å²) in [6, 6.07) is 15.5. The predicted molar refractivity (Wildman–Crippen MR) is 111 cm³/mol. The fraction of sp³-hybridized carbons (Fsp3) is 0.263. The van der Waals surface area contributed by atoms with E-state index >= 15 is 0 Å². The molecule has 0 aliphatic carbocycles. The quantitative estimate of drug-likeness (QED) is 0.159. The molecule has 0 unspecified atom stereocenters. The fourth-order valence-corrected chi connectivity index (χ4v) is 5.11. The summed E-state index contributed by atoms with van der Waals surface area (Å²) in [5.41, 5.74) is 4.04. The second-order valence-corrected chi connectivity index (χ2v) is 8.85. The molecule has 0 bridgehead atoms. The van der Waals surface area contributed by atoms with Gasteiger partial charge in [0.2, 0.25) is 0 Å². The molecule has 3 aromatic rings. The van der Waals surface area contributed by atoms with Gasteiger partial charge < -0.3 is 0 Å². The number of hydrogen-bond acceptors (Lipinski definition) is 6. The van der Waals surface area contributed by atoms with Gasteiger partial charge >= 0.3 is 0 Å². The first-order valence-electron chi connectivity index (χ1n) is 8.82. The van der Waals surface area contributed by atoms with E-state index in [0.29, 0.717) is 17.1 Å². The minimum atomic E-state index is -3.83. The van der Waals surface area contributed by atoms with E-state index in [-0.39, 0.29) is 10.8 Å². The molecule has 1 aromatic heterocycles. The molecule has 0 saturated carbocycles. The number of rotatable bonds is 10. The van der Waals surface area contributed by atoms with E-state index in [4.69, 9.17) is 20.9 Å². The average molecular weight is 441 g/mol. The largest absolute Gasteiger partial charge is 0.269 e. The molecule has 9 heteroatoms. The summed E-state index contributed by atoms with van der Waals surface area (Å²) in [5, 5.41) is 1.14. The molecule has 2 aromatic carbocycles. The first-order chi connectivity index (χ1) is 13.6. The maximum Gasteiger partial charge on any atom is 0.269 e. The third kappa shape index (κ3) is 4.71. The summed E-state index contributed by atoms with van der Waals surface area (Å²) >= 11 is 6.78. The van der Waals surface area contributed by atoms with Crippen molar-refractivity contribution in [1.29, 1.82) is 0 Å². The van der Waals surface area contributed by atoms with Crippen molar-refractivity contribution < 1.29 is 17.7 Å². The van der Waals surface area contributed by atoms with Crippen LogP contribution in [0.25, 0.3) is 10.9 Å². The van der Waals surface area contributed by atoms with Crippen molar-refractivity contribution in [3.63, 3.8) is 0 Å². The van der Waals surface area contributed by atoms with Gasteiger partial charge in [0.05, 0.1) is 22.5 Å². The van der Waals surface area contributed by atoms with E-state index in [1.807, 2.05) is 12.1 Å². The average Bonchev–Trinajstić information content (AvgIpc) is 3.09. The molecule has 28 heavy (non-hydrogen) atoms. The Bertz CT molecular complexity index is 1020. The summed E-state index contributed by atoms with van der Waals surface area (Å²) in [6.45, 7) is 2.71. The summed E-state index contributed by atoms with van der Waals surface area (Å²) in [6.07, 6.45) is 1.97. The third-order valence-electron chi connectivity index (χ3n) is 4.07. The van der Waals surface area contributed by atoms with Crippen molar-refractivity contribution in [3.8, 4) is 0 Å². The number of nitrogens with one attached hydrogen (secondary N) is 1. The Morgan fingerprint density at radius 3 is 2.64 bits per heavy atom. The van der Waals surface area contributed by atoms with Crippen LogP contribution in [0.3, 0.4) is 0 Å². The number of benzene rings is 2. The lowest BCUT2D eigenvalue weighted by atomic mass is 10.2. The molecule has 0 aliphatic rings. The van der Waals surface area contributed by atoms with Crippen LogP contribution in [0, 0.1) is 0 Å². The van der Waals surface area contributed by atoms with Crippen molar-refractivity contribution in [3.05, 3.63) is 60.2 Å². The second-order valence-electron chi connectivity index (χ2n) is 6.07. The molecule has 0 fully saturated rings. The molecule has 0 amide bonds. The Kier molecular flexibility index (Phi) is 7.39. The first-order valence-corrected chi connectivity index (χ1v) is 11.5. The number of fused-ring (bicyclic) bond motifs is 1. The number of hydrogen-bond donors (Lipinski definition) is 1. The summed E-state index contributed by atoms with van der Waals surface area (Å²) in [5.74, 6) is 0.288. The highest BCUT2D eigenvalue weighted by atomic mass is 35.5. The molecule has 1 heterocycles. The van der Waals surface area contributed by atoms with Gasteiger partial charge in [-0.3, -0.25) is 0 Å². The van der Waals surface area contributed by atoms with E-state index in [2.05, 4.69) is 12.4 Å². The summed E-state index contributed by atoms with van der Waals surface area (Å²) in [7, 11) is -3.83. The van der Waals surface area contributed by atoms with Crippen molar-refractivity contribution >= 4 is 44.6 Å². The molecular formula is C19H21ClN2O4S2. The minimum Gasteiger partial charge on any atom is -0.225 e. The Morgan fingerprint density at radius 1 is 1.14 bits per heavy atom. The molecular weight excluding hydrogens is 420 g/mol. The SMILES string of the molecule is CCCCNOOSc1cc2ccc(CCl)cc2n1S(=O)(=O)c1ccccc1. The second kappa shape index (κ2) is 9.78. The van der Waals surface area contributed by atoms with Crippen LogP contribution in [0.1, 0.15) is 25.3 Å². The van der Waals surface area contributed by atoms with Gasteiger partial charge in [0.25, 0.3) is 10.0 Å². The zero-order chi connectivity index (χ0) is 20.0. The molecule has 150 valence electrons. The van der Waals surface area contributed by atoms with E-state index in [1.54, 1.807) is 42.5 Å². The number of hydroxylamine groups is 1. The van der Waals surface area contributed by atoms with Crippen LogP contribution in [0.2, 0.25) is 0 Å². The third-order valence-corrected chi connectivity index (χ3v) is 6.85. The van der Waals surface area contributed by atoms with Crippen LogP contribution in [-0.2, 0) is 25.2 Å². The summed E-state index contributed by atoms with van der Waals surface area (Å²) < 4.78 is 33.0. The van der Waals surface area contributed by atoms with E-state index in [1.165, 1.54) is 3.97 Å². The van der Waals surface area contributed by atoms with Crippen molar-refractivity contribution in [1.82, 2.24) is 9.45 Å². The van der Waals surface area contributed by atoms with E-state index in [9.17, 15) is 8.42 Å². The van der Waals surface area contributed by atoms with Gasteiger partial charge in [0.1, 0.15) is 5.03 Å². The maximum absolute atomic E-state index is 13.3.